The maximum Gasteiger partial charge on any atom is 0.187 e. The van der Waals surface area contributed by atoms with Gasteiger partial charge in [-0.15, -0.1) is 0 Å². The van der Waals surface area contributed by atoms with E-state index < -0.39 is 123 Å². The van der Waals surface area contributed by atoms with E-state index in [0.717, 1.165) is 0 Å². The van der Waals surface area contributed by atoms with Gasteiger partial charge in [0.25, 0.3) is 0 Å². The Morgan fingerprint density at radius 3 is 1.78 bits per heavy atom. The van der Waals surface area contributed by atoms with Crippen LogP contribution < -0.4 is 28.7 Å². The zero-order chi connectivity index (χ0) is 30.2. The lowest BCUT2D eigenvalue weighted by Crippen LogP contribution is -2.66. The molecular weight excluding hydrogens is 554 g/mol. The Bertz CT molecular complexity index is 837. The van der Waals surface area contributed by atoms with E-state index in [0.29, 0.717) is 0 Å². The summed E-state index contributed by atoms with van der Waals surface area (Å²) in [6, 6.07) is -3.65. The lowest BCUT2D eigenvalue weighted by Gasteiger charge is -2.46. The number of ether oxygens (including phenoxy) is 6. The second kappa shape index (κ2) is 13.9. The van der Waals surface area contributed by atoms with Crippen molar-refractivity contribution in [1.82, 2.24) is 0 Å². The number of nitrogens with two attached hydrogens (primary N) is 5. The summed E-state index contributed by atoms with van der Waals surface area (Å²) in [6.45, 7) is -1.27. The van der Waals surface area contributed by atoms with Crippen LogP contribution >= 0.6 is 0 Å². The van der Waals surface area contributed by atoms with Gasteiger partial charge in [-0.05, 0) is 12.8 Å². The maximum atomic E-state index is 11.1. The van der Waals surface area contributed by atoms with Crippen LogP contribution in [0.3, 0.4) is 0 Å². The highest BCUT2D eigenvalue weighted by Gasteiger charge is 2.53. The van der Waals surface area contributed by atoms with E-state index in [1.54, 1.807) is 0 Å². The molecule has 4 aliphatic rings. The van der Waals surface area contributed by atoms with E-state index >= 15 is 0 Å². The van der Waals surface area contributed by atoms with Crippen molar-refractivity contribution in [3.63, 3.8) is 0 Å². The van der Waals surface area contributed by atoms with Crippen molar-refractivity contribution in [3.8, 4) is 0 Å². The van der Waals surface area contributed by atoms with E-state index in [9.17, 15) is 35.7 Å². The van der Waals surface area contributed by atoms with Crippen molar-refractivity contribution < 1.29 is 64.2 Å². The molecule has 18 atom stereocenters. The summed E-state index contributed by atoms with van der Waals surface area (Å²) >= 11 is 0. The van der Waals surface area contributed by atoms with Gasteiger partial charge >= 0.3 is 0 Å². The van der Waals surface area contributed by atoms with Gasteiger partial charge in [0, 0.05) is 18.6 Å². The molecule has 0 unspecified atom stereocenters. The predicted octanol–water partition coefficient (Wildman–Crippen LogP) is -7.83. The highest BCUT2D eigenvalue weighted by atomic mass is 16.8. The van der Waals surface area contributed by atoms with Crippen LogP contribution in [-0.2, 0) is 28.4 Å². The van der Waals surface area contributed by atoms with Crippen LogP contribution in [0.15, 0.2) is 0 Å². The van der Waals surface area contributed by atoms with Gasteiger partial charge < -0.3 is 92.8 Å². The first-order valence-electron chi connectivity index (χ1n) is 13.7. The molecule has 0 aromatic carbocycles. The van der Waals surface area contributed by atoms with E-state index in [1.807, 2.05) is 0 Å². The highest BCUT2D eigenvalue weighted by Crippen LogP contribution is 2.34. The lowest BCUT2D eigenvalue weighted by molar-refractivity contribution is -0.298. The third-order valence-electron chi connectivity index (χ3n) is 8.17. The quantitative estimate of drug-likeness (QED) is 0.117. The first-order valence-corrected chi connectivity index (χ1v) is 13.7. The van der Waals surface area contributed by atoms with Crippen molar-refractivity contribution in [2.45, 2.75) is 123 Å². The van der Waals surface area contributed by atoms with Crippen molar-refractivity contribution in [2.24, 2.45) is 28.7 Å². The maximum absolute atomic E-state index is 11.1. The van der Waals surface area contributed by atoms with Gasteiger partial charge in [-0.3, -0.25) is 0 Å². The molecule has 3 aliphatic heterocycles. The van der Waals surface area contributed by atoms with Gasteiger partial charge in [-0.25, -0.2) is 0 Å². The van der Waals surface area contributed by atoms with Gasteiger partial charge in [-0.2, -0.15) is 0 Å². The highest BCUT2D eigenvalue weighted by molar-refractivity contribution is 5.01. The molecule has 1 aliphatic carbocycles. The average molecular weight is 600 g/mol. The summed E-state index contributed by atoms with van der Waals surface area (Å²) < 4.78 is 34.7. The molecule has 18 heteroatoms. The average Bonchev–Trinajstić information content (AvgIpc) is 3.24. The first kappa shape index (κ1) is 33.2. The molecule has 4 fully saturated rings. The van der Waals surface area contributed by atoms with Crippen molar-refractivity contribution in [2.75, 3.05) is 19.8 Å². The second-order valence-electron chi connectivity index (χ2n) is 11.1. The summed E-state index contributed by atoms with van der Waals surface area (Å²) in [5, 5.41) is 72.0. The van der Waals surface area contributed by atoms with E-state index in [-0.39, 0.29) is 19.4 Å². The molecule has 240 valence electrons. The molecule has 0 aromatic rings. The zero-order valence-electron chi connectivity index (χ0n) is 22.4. The molecule has 18 nitrogen and oxygen atoms in total. The SMILES string of the molecule is NC[C@H]1O[C@@H](O[C@H]2[C@@H](O)[C@H](O[C@H]3[C@@H](O)[C@H](N)C[C@H](N)[C@@H]3O[C@@H]3O[C@H](CO)[C@H](O)C[C@H]3N)O[C@H]2CO)[C@@H](N)[C@H](O)[C@@H]1O. The standard InChI is InChI=1S/C23H45N5O13/c24-3-10-15(33)16(34)13(28)22(36-10)40-19-12(5-30)38-23(17(19)35)41-20-14(32)6(25)1-7(26)18(20)39-21-8(27)2-9(31)11(4-29)37-21/h6-23,29-35H,1-5,24-28H2/t6-,7+,8-,9-,10-,11-,12+,13+,14+,15-,16+,17-,18+,19-,20+,21+,22+,23+/m1/s1. The van der Waals surface area contributed by atoms with Crippen molar-refractivity contribution in [1.29, 1.82) is 0 Å². The van der Waals surface area contributed by atoms with Crippen molar-refractivity contribution >= 4 is 0 Å². The molecule has 0 amide bonds. The summed E-state index contributed by atoms with van der Waals surface area (Å²) in [5.41, 5.74) is 30.1. The van der Waals surface area contributed by atoms with Crippen LogP contribution in [0.5, 0.6) is 0 Å². The van der Waals surface area contributed by atoms with Gasteiger partial charge in [-0.1, -0.05) is 0 Å². The zero-order valence-corrected chi connectivity index (χ0v) is 22.4. The van der Waals surface area contributed by atoms with Gasteiger partial charge in [0.1, 0.15) is 54.9 Å². The Morgan fingerprint density at radius 2 is 1.15 bits per heavy atom. The third-order valence-corrected chi connectivity index (χ3v) is 8.17. The Morgan fingerprint density at radius 1 is 0.561 bits per heavy atom. The Balaban J connectivity index is 1.48. The monoisotopic (exact) mass is 599 g/mol. The molecule has 41 heavy (non-hydrogen) atoms. The predicted molar refractivity (Wildman–Crippen MR) is 135 cm³/mol. The van der Waals surface area contributed by atoms with Crippen LogP contribution in [0.4, 0.5) is 0 Å². The summed E-state index contributed by atoms with van der Waals surface area (Å²) in [5.74, 6) is 0. The first-order chi connectivity index (χ1) is 19.4. The largest absolute Gasteiger partial charge is 0.394 e. The van der Waals surface area contributed by atoms with Crippen LogP contribution in [0, 0.1) is 0 Å². The van der Waals surface area contributed by atoms with E-state index in [2.05, 4.69) is 0 Å². The van der Waals surface area contributed by atoms with Gasteiger partial charge in [0.15, 0.2) is 18.9 Å². The molecule has 17 N–H and O–H groups in total. The Hall–Kier alpha value is -0.720. The summed E-state index contributed by atoms with van der Waals surface area (Å²) in [7, 11) is 0. The minimum Gasteiger partial charge on any atom is -0.394 e. The minimum absolute atomic E-state index is 0.0647. The number of rotatable bonds is 9. The van der Waals surface area contributed by atoms with Crippen molar-refractivity contribution in [3.05, 3.63) is 0 Å². The molecule has 0 spiro atoms. The van der Waals surface area contributed by atoms with E-state index in [1.165, 1.54) is 0 Å². The fourth-order valence-electron chi connectivity index (χ4n) is 5.68. The van der Waals surface area contributed by atoms with Crippen LogP contribution in [0.2, 0.25) is 0 Å². The molecule has 0 bridgehead atoms. The minimum atomic E-state index is -1.58. The second-order valence-corrected chi connectivity index (χ2v) is 11.1. The van der Waals surface area contributed by atoms with Crippen LogP contribution in [0.1, 0.15) is 12.8 Å². The third kappa shape index (κ3) is 6.85. The smallest absolute Gasteiger partial charge is 0.187 e. The number of hydrogen-bond acceptors (Lipinski definition) is 18. The topological polar surface area (TPSA) is 327 Å². The van der Waals surface area contributed by atoms with Crippen LogP contribution in [-0.4, -0.2) is 166 Å². The molecule has 1 saturated carbocycles. The van der Waals surface area contributed by atoms with Crippen LogP contribution in [0.25, 0.3) is 0 Å². The molecule has 4 rings (SSSR count). The molecule has 3 heterocycles. The number of aliphatic hydroxyl groups is 7. The van der Waals surface area contributed by atoms with Gasteiger partial charge in [0.05, 0.1) is 37.5 Å². The Kier molecular flexibility index (Phi) is 11.3. The summed E-state index contributed by atoms with van der Waals surface area (Å²) in [6.07, 6.45) is -17.3. The molecule has 0 radical (unpaired) electrons. The normalized spacial score (nSPS) is 53.0. The molecule has 0 aromatic heterocycles. The number of aliphatic hydroxyl groups excluding tert-OH is 7. The van der Waals surface area contributed by atoms with E-state index in [4.69, 9.17) is 57.1 Å². The summed E-state index contributed by atoms with van der Waals surface area (Å²) in [4.78, 5) is 0. The lowest BCUT2D eigenvalue weighted by atomic mass is 9.84. The Labute approximate surface area is 236 Å². The van der Waals surface area contributed by atoms with Gasteiger partial charge in [0.2, 0.25) is 0 Å². The molecular formula is C23H45N5O13. The fourth-order valence-corrected chi connectivity index (χ4v) is 5.68. The number of hydrogen-bond donors (Lipinski definition) is 12. The fraction of sp³-hybridized carbons (Fsp3) is 1.00. The molecule has 3 saturated heterocycles.